The Kier molecular flexibility index (Phi) is 6.03. The van der Waals surface area contributed by atoms with Crippen molar-refractivity contribution in [1.82, 2.24) is 30.0 Å². The number of ether oxygens (including phenoxy) is 1. The van der Waals surface area contributed by atoms with Crippen molar-refractivity contribution in [2.45, 2.75) is 27.3 Å². The van der Waals surface area contributed by atoms with Crippen molar-refractivity contribution < 1.29 is 9.53 Å². The van der Waals surface area contributed by atoms with Crippen molar-refractivity contribution in [3.8, 4) is 22.8 Å². The average Bonchev–Trinajstić information content (AvgIpc) is 3.22. The predicted octanol–water partition coefficient (Wildman–Crippen LogP) is 3.17. The number of methoxy groups -OCH3 is 1. The fourth-order valence-corrected chi connectivity index (χ4v) is 3.57. The summed E-state index contributed by atoms with van der Waals surface area (Å²) < 4.78 is 6.96. The fraction of sp³-hybridized carbons (Fsp3) is 0.208. The predicted molar refractivity (Wildman–Crippen MR) is 125 cm³/mol. The number of amides is 1. The van der Waals surface area contributed by atoms with Crippen molar-refractivity contribution in [2.75, 3.05) is 12.8 Å². The zero-order chi connectivity index (χ0) is 23.5. The molecule has 0 atom stereocenters. The van der Waals surface area contributed by atoms with Gasteiger partial charge in [0.1, 0.15) is 11.4 Å². The highest BCUT2D eigenvalue weighted by molar-refractivity contribution is 5.97. The van der Waals surface area contributed by atoms with Crippen LogP contribution in [0.15, 0.2) is 48.7 Å². The fourth-order valence-electron chi connectivity index (χ4n) is 3.57. The van der Waals surface area contributed by atoms with E-state index < -0.39 is 5.91 Å². The first-order chi connectivity index (χ1) is 15.9. The van der Waals surface area contributed by atoms with Crippen LogP contribution in [-0.4, -0.2) is 37.7 Å². The van der Waals surface area contributed by atoms with Gasteiger partial charge in [-0.25, -0.2) is 14.6 Å². The minimum Gasteiger partial charge on any atom is -0.496 e. The first-order valence-electron chi connectivity index (χ1n) is 10.4. The number of anilines is 1. The lowest BCUT2D eigenvalue weighted by atomic mass is 10.1. The molecule has 9 nitrogen and oxygen atoms in total. The van der Waals surface area contributed by atoms with Crippen molar-refractivity contribution in [1.29, 1.82) is 0 Å². The molecule has 0 unspecified atom stereocenters. The number of aromatic nitrogens is 5. The van der Waals surface area contributed by atoms with E-state index in [4.69, 9.17) is 10.5 Å². The lowest BCUT2D eigenvalue weighted by molar-refractivity contribution is 0.0946. The molecule has 0 bridgehead atoms. The van der Waals surface area contributed by atoms with E-state index >= 15 is 0 Å². The number of hydrogen-bond donors (Lipinski definition) is 2. The Hall–Kier alpha value is -4.27. The SMILES string of the molecule is COc1ccccc1CNC(=O)c1nc(-c2cc(C)nc(C)c2)c(-n2ccc(C)n2)nc1N. The maximum absolute atomic E-state index is 13.0. The molecule has 0 aliphatic carbocycles. The van der Waals surface area contributed by atoms with Crippen LogP contribution in [0.4, 0.5) is 5.82 Å². The number of nitrogen functional groups attached to an aromatic ring is 1. The first-order valence-corrected chi connectivity index (χ1v) is 10.4. The van der Waals surface area contributed by atoms with E-state index in [1.54, 1.807) is 18.0 Å². The maximum Gasteiger partial charge on any atom is 0.274 e. The summed E-state index contributed by atoms with van der Waals surface area (Å²) in [5.41, 5.74) is 10.8. The van der Waals surface area contributed by atoms with E-state index in [0.29, 0.717) is 17.3 Å². The highest BCUT2D eigenvalue weighted by atomic mass is 16.5. The molecule has 3 aromatic heterocycles. The Morgan fingerprint density at radius 3 is 2.42 bits per heavy atom. The number of hydrogen-bond acceptors (Lipinski definition) is 7. The first kappa shape index (κ1) is 21.9. The lowest BCUT2D eigenvalue weighted by Gasteiger charge is -2.14. The van der Waals surface area contributed by atoms with Gasteiger partial charge in [0.05, 0.1) is 12.8 Å². The molecule has 168 valence electrons. The highest BCUT2D eigenvalue weighted by Crippen LogP contribution is 2.27. The van der Waals surface area contributed by atoms with Crippen LogP contribution in [0.3, 0.4) is 0 Å². The summed E-state index contributed by atoms with van der Waals surface area (Å²) in [6.07, 6.45) is 1.78. The smallest absolute Gasteiger partial charge is 0.274 e. The minimum absolute atomic E-state index is 0.0157. The Balaban J connectivity index is 1.75. The molecule has 0 saturated heterocycles. The number of nitrogens with one attached hydrogen (secondary N) is 1. The van der Waals surface area contributed by atoms with Gasteiger partial charge in [-0.05, 0) is 45.0 Å². The summed E-state index contributed by atoms with van der Waals surface area (Å²) in [5, 5.41) is 7.31. The Morgan fingerprint density at radius 1 is 1.03 bits per heavy atom. The van der Waals surface area contributed by atoms with Crippen molar-refractivity contribution in [3.05, 3.63) is 77.0 Å². The molecule has 0 aliphatic heterocycles. The maximum atomic E-state index is 13.0. The topological polar surface area (TPSA) is 121 Å². The number of nitrogens with two attached hydrogens (primary N) is 1. The second-order valence-corrected chi connectivity index (χ2v) is 7.66. The summed E-state index contributed by atoms with van der Waals surface area (Å²) in [6.45, 7) is 5.94. The largest absolute Gasteiger partial charge is 0.496 e. The van der Waals surface area contributed by atoms with Gasteiger partial charge in [-0.3, -0.25) is 9.78 Å². The Morgan fingerprint density at radius 2 is 1.76 bits per heavy atom. The van der Waals surface area contributed by atoms with Gasteiger partial charge in [0.25, 0.3) is 5.91 Å². The van der Waals surface area contributed by atoms with Gasteiger partial charge in [0.15, 0.2) is 17.3 Å². The van der Waals surface area contributed by atoms with Crippen LogP contribution in [-0.2, 0) is 6.54 Å². The number of carbonyl (C=O) groups is 1. The molecule has 0 fully saturated rings. The molecule has 9 heteroatoms. The van der Waals surface area contributed by atoms with E-state index in [-0.39, 0.29) is 18.1 Å². The molecule has 0 spiro atoms. The number of pyridine rings is 1. The molecule has 4 rings (SSSR count). The van der Waals surface area contributed by atoms with Gasteiger partial charge in [-0.15, -0.1) is 0 Å². The highest BCUT2D eigenvalue weighted by Gasteiger charge is 2.21. The molecule has 1 aromatic carbocycles. The van der Waals surface area contributed by atoms with Gasteiger partial charge in [0.2, 0.25) is 0 Å². The van der Waals surface area contributed by atoms with Gasteiger partial charge < -0.3 is 15.8 Å². The Bertz CT molecular complexity index is 1310. The van der Waals surface area contributed by atoms with E-state index in [2.05, 4.69) is 25.4 Å². The number of benzene rings is 1. The second kappa shape index (κ2) is 9.07. The van der Waals surface area contributed by atoms with E-state index in [1.165, 1.54) is 0 Å². The number of rotatable bonds is 6. The Labute approximate surface area is 191 Å². The summed E-state index contributed by atoms with van der Waals surface area (Å²) in [4.78, 5) is 26.6. The summed E-state index contributed by atoms with van der Waals surface area (Å²) >= 11 is 0. The van der Waals surface area contributed by atoms with Gasteiger partial charge in [0, 0.05) is 35.3 Å². The third kappa shape index (κ3) is 4.67. The molecule has 33 heavy (non-hydrogen) atoms. The van der Waals surface area contributed by atoms with Crippen molar-refractivity contribution >= 4 is 11.7 Å². The zero-order valence-electron chi connectivity index (χ0n) is 19.0. The van der Waals surface area contributed by atoms with Crippen LogP contribution in [0, 0.1) is 20.8 Å². The second-order valence-electron chi connectivity index (χ2n) is 7.66. The zero-order valence-corrected chi connectivity index (χ0v) is 19.0. The van der Waals surface area contributed by atoms with Crippen LogP contribution in [0.1, 0.15) is 33.1 Å². The third-order valence-electron chi connectivity index (χ3n) is 5.05. The molecule has 0 aliphatic rings. The summed E-state index contributed by atoms with van der Waals surface area (Å²) in [7, 11) is 1.59. The molecule has 3 N–H and O–H groups in total. The van der Waals surface area contributed by atoms with Crippen LogP contribution >= 0.6 is 0 Å². The third-order valence-corrected chi connectivity index (χ3v) is 5.05. The quantitative estimate of drug-likeness (QED) is 0.469. The van der Waals surface area contributed by atoms with Crippen LogP contribution < -0.4 is 15.8 Å². The molecule has 1 amide bonds. The van der Waals surface area contributed by atoms with Gasteiger partial charge in [-0.2, -0.15) is 5.10 Å². The molecule has 4 aromatic rings. The van der Waals surface area contributed by atoms with Crippen molar-refractivity contribution in [2.24, 2.45) is 0 Å². The normalized spacial score (nSPS) is 10.8. The monoisotopic (exact) mass is 443 g/mol. The van der Waals surface area contributed by atoms with Crippen LogP contribution in [0.2, 0.25) is 0 Å². The molecular formula is C24H25N7O2. The van der Waals surface area contributed by atoms with Crippen LogP contribution in [0.5, 0.6) is 5.75 Å². The summed E-state index contributed by atoms with van der Waals surface area (Å²) in [5.74, 6) is 0.705. The van der Waals surface area contributed by atoms with E-state index in [0.717, 1.165) is 28.2 Å². The minimum atomic E-state index is -0.433. The number of carbonyl (C=O) groups excluding carboxylic acids is 1. The number of nitrogens with zero attached hydrogens (tertiary/aromatic N) is 5. The molecule has 3 heterocycles. The molecule has 0 radical (unpaired) electrons. The van der Waals surface area contributed by atoms with Gasteiger partial charge in [-0.1, -0.05) is 18.2 Å². The van der Waals surface area contributed by atoms with Crippen molar-refractivity contribution in [3.63, 3.8) is 0 Å². The van der Waals surface area contributed by atoms with Gasteiger partial charge >= 0.3 is 0 Å². The molecular weight excluding hydrogens is 418 g/mol. The van der Waals surface area contributed by atoms with E-state index in [1.807, 2.05) is 63.2 Å². The van der Waals surface area contributed by atoms with E-state index in [9.17, 15) is 4.79 Å². The lowest BCUT2D eigenvalue weighted by Crippen LogP contribution is -2.26. The molecule has 0 saturated carbocycles. The average molecular weight is 444 g/mol. The summed E-state index contributed by atoms with van der Waals surface area (Å²) in [6, 6.07) is 13.1. The standard InChI is InChI=1S/C24H25N7O2/c1-14-9-10-31(30-14)23-20(18-11-15(2)27-16(3)12-18)28-21(22(25)29-23)24(32)26-13-17-7-5-6-8-19(17)33-4/h5-12H,13H2,1-4H3,(H2,25,29)(H,26,32). The number of aryl methyl sites for hydroxylation is 3. The van der Waals surface area contributed by atoms with Crippen LogP contribution in [0.25, 0.3) is 17.1 Å². The number of para-hydroxylation sites is 1.